The number of nitrogens with zero attached hydrogens (tertiary/aromatic N) is 2. The van der Waals surface area contributed by atoms with Crippen molar-refractivity contribution in [2.24, 2.45) is 5.73 Å². The molecule has 2 amide bonds. The Kier molecular flexibility index (Phi) is 9.02. The Morgan fingerprint density at radius 2 is 1.64 bits per heavy atom. The lowest BCUT2D eigenvalue weighted by molar-refractivity contribution is 0.233. The number of pyridine rings is 1. The Balaban J connectivity index is 2.18. The molecule has 158 valence electrons. The van der Waals surface area contributed by atoms with Crippen LogP contribution in [-0.2, 0) is 10.0 Å². The summed E-state index contributed by atoms with van der Waals surface area (Å²) >= 11 is 0. The van der Waals surface area contributed by atoms with Gasteiger partial charge in [0.05, 0.1) is 5.69 Å². The molecule has 1 aliphatic carbocycles. The fourth-order valence-corrected chi connectivity index (χ4v) is 5.21. The first-order valence-electron chi connectivity index (χ1n) is 10.5. The van der Waals surface area contributed by atoms with Crippen LogP contribution in [0.1, 0.15) is 77.6 Å². The molecule has 0 unspecified atom stereocenters. The van der Waals surface area contributed by atoms with E-state index in [4.69, 9.17) is 5.73 Å². The average Bonchev–Trinajstić information content (AvgIpc) is 2.64. The number of amides is 2. The molecule has 3 N–H and O–H groups in total. The number of hydrogen-bond donors (Lipinski definition) is 2. The Hall–Kier alpha value is -1.83. The van der Waals surface area contributed by atoms with Crippen molar-refractivity contribution < 1.29 is 13.2 Å². The van der Waals surface area contributed by atoms with Crippen molar-refractivity contribution in [2.75, 3.05) is 11.9 Å². The molecule has 7 nitrogen and oxygen atoms in total. The third-order valence-electron chi connectivity index (χ3n) is 5.35. The molecule has 0 aliphatic heterocycles. The summed E-state index contributed by atoms with van der Waals surface area (Å²) in [5, 5.41) is 3.43. The van der Waals surface area contributed by atoms with Crippen molar-refractivity contribution in [3.63, 3.8) is 0 Å². The molecular weight excluding hydrogens is 376 g/mol. The van der Waals surface area contributed by atoms with Gasteiger partial charge in [-0.3, -0.25) is 4.98 Å². The normalized spacial score (nSPS) is 17.9. The quantitative estimate of drug-likeness (QED) is 0.754. The summed E-state index contributed by atoms with van der Waals surface area (Å²) in [6, 6.07) is 0.889. The Morgan fingerprint density at radius 1 is 1.11 bits per heavy atom. The summed E-state index contributed by atoms with van der Waals surface area (Å²) in [5.41, 5.74) is 5.76. The summed E-state index contributed by atoms with van der Waals surface area (Å²) in [7, 11) is -4.04. The van der Waals surface area contributed by atoms with Crippen molar-refractivity contribution in [1.82, 2.24) is 9.29 Å². The monoisotopic (exact) mass is 410 g/mol. The largest absolute Gasteiger partial charge is 0.381 e. The van der Waals surface area contributed by atoms with Gasteiger partial charge >= 0.3 is 6.03 Å². The van der Waals surface area contributed by atoms with Crippen molar-refractivity contribution in [3.05, 3.63) is 18.5 Å². The van der Waals surface area contributed by atoms with Crippen LogP contribution >= 0.6 is 0 Å². The predicted octanol–water partition coefficient (Wildman–Crippen LogP) is 4.26. The molecule has 0 saturated heterocycles. The number of anilines is 1. The third kappa shape index (κ3) is 6.36. The van der Waals surface area contributed by atoms with E-state index in [0.29, 0.717) is 9.99 Å². The molecule has 0 atom stereocenters. The summed E-state index contributed by atoms with van der Waals surface area (Å²) in [6.07, 6.45) is 16.1. The lowest BCUT2D eigenvalue weighted by Gasteiger charge is -2.24. The molecule has 8 heteroatoms. The highest BCUT2D eigenvalue weighted by Gasteiger charge is 2.29. The highest BCUT2D eigenvalue weighted by Crippen LogP contribution is 2.26. The number of sulfonamides is 1. The van der Waals surface area contributed by atoms with E-state index in [0.717, 1.165) is 25.7 Å². The Bertz CT molecular complexity index is 712. The lowest BCUT2D eigenvalue weighted by atomic mass is 9.98. The fourth-order valence-electron chi connectivity index (χ4n) is 3.80. The highest BCUT2D eigenvalue weighted by atomic mass is 32.2. The van der Waals surface area contributed by atoms with Crippen LogP contribution in [0.2, 0.25) is 0 Å². The van der Waals surface area contributed by atoms with E-state index >= 15 is 0 Å². The van der Waals surface area contributed by atoms with Gasteiger partial charge in [0.2, 0.25) is 0 Å². The van der Waals surface area contributed by atoms with Crippen LogP contribution in [0.3, 0.4) is 0 Å². The number of urea groups is 1. The summed E-state index contributed by atoms with van der Waals surface area (Å²) in [5.74, 6) is 0. The van der Waals surface area contributed by atoms with Crippen molar-refractivity contribution in [2.45, 2.75) is 88.5 Å². The average molecular weight is 411 g/mol. The van der Waals surface area contributed by atoms with E-state index in [9.17, 15) is 13.2 Å². The first-order chi connectivity index (χ1) is 13.5. The van der Waals surface area contributed by atoms with Gasteiger partial charge < -0.3 is 11.1 Å². The minimum absolute atomic E-state index is 0.00164. The molecule has 0 spiro atoms. The van der Waals surface area contributed by atoms with E-state index in [-0.39, 0.29) is 17.5 Å². The molecule has 1 heterocycles. The summed E-state index contributed by atoms with van der Waals surface area (Å²) < 4.78 is 26.5. The van der Waals surface area contributed by atoms with Crippen molar-refractivity contribution in [1.29, 1.82) is 0 Å². The third-order valence-corrected chi connectivity index (χ3v) is 7.25. The van der Waals surface area contributed by atoms with Gasteiger partial charge in [0.15, 0.2) is 0 Å². The Labute approximate surface area is 169 Å². The molecule has 1 aliphatic rings. The first-order valence-corrected chi connectivity index (χ1v) is 11.9. The number of carbonyl (C=O) groups is 1. The first kappa shape index (κ1) is 22.5. The van der Waals surface area contributed by atoms with Crippen LogP contribution in [0.15, 0.2) is 23.4 Å². The Morgan fingerprint density at radius 3 is 2.14 bits per heavy atom. The zero-order valence-electron chi connectivity index (χ0n) is 16.9. The van der Waals surface area contributed by atoms with Gasteiger partial charge in [0.25, 0.3) is 10.0 Å². The van der Waals surface area contributed by atoms with Crippen LogP contribution in [0.5, 0.6) is 0 Å². The van der Waals surface area contributed by atoms with E-state index < -0.39 is 16.1 Å². The van der Waals surface area contributed by atoms with Gasteiger partial charge in [-0.05, 0) is 25.8 Å². The fraction of sp³-hybridized carbons (Fsp3) is 0.700. The smallest absolute Gasteiger partial charge is 0.328 e. The second-order valence-electron chi connectivity index (χ2n) is 7.48. The molecule has 0 radical (unpaired) electrons. The minimum atomic E-state index is -4.04. The van der Waals surface area contributed by atoms with Gasteiger partial charge in [-0.15, -0.1) is 0 Å². The van der Waals surface area contributed by atoms with Gasteiger partial charge in [0.1, 0.15) is 4.90 Å². The molecule has 1 aromatic rings. The molecule has 28 heavy (non-hydrogen) atoms. The van der Waals surface area contributed by atoms with E-state index in [1.165, 1.54) is 51.1 Å². The number of hydrogen-bond acceptors (Lipinski definition) is 5. The predicted molar refractivity (Wildman–Crippen MR) is 112 cm³/mol. The van der Waals surface area contributed by atoms with Crippen LogP contribution in [-0.4, -0.2) is 36.3 Å². The van der Waals surface area contributed by atoms with Gasteiger partial charge in [0, 0.05) is 25.0 Å². The molecule has 0 bridgehead atoms. The second kappa shape index (κ2) is 11.2. The van der Waals surface area contributed by atoms with Crippen LogP contribution in [0, 0.1) is 0 Å². The summed E-state index contributed by atoms with van der Waals surface area (Å²) in [6.45, 7) is 1.56. The SMILES string of the molecule is CCN(C(N)=O)S(=O)(=O)c1cnccc1NC1CCCCCCCCCCC1. The second-order valence-corrected chi connectivity index (χ2v) is 9.31. The van der Waals surface area contributed by atoms with Gasteiger partial charge in [-0.1, -0.05) is 57.8 Å². The molecule has 2 rings (SSSR count). The molecule has 0 aromatic carbocycles. The topological polar surface area (TPSA) is 105 Å². The standard InChI is InChI=1S/C20H34N4O3S/c1-2-24(20(21)25)28(26,27)19-16-22-15-14-18(19)23-17-12-10-8-6-4-3-5-7-9-11-13-17/h14-17H,2-13H2,1H3,(H2,21,25)(H,22,23). The maximum absolute atomic E-state index is 12.9. The number of primary amides is 1. The lowest BCUT2D eigenvalue weighted by Crippen LogP contribution is -2.40. The van der Waals surface area contributed by atoms with E-state index in [1.54, 1.807) is 19.2 Å². The van der Waals surface area contributed by atoms with Crippen molar-refractivity contribution in [3.8, 4) is 0 Å². The van der Waals surface area contributed by atoms with Crippen LogP contribution in [0.25, 0.3) is 0 Å². The molecular formula is C20H34N4O3S. The summed E-state index contributed by atoms with van der Waals surface area (Å²) in [4.78, 5) is 15.6. The number of rotatable bonds is 5. The number of nitrogens with two attached hydrogens (primary N) is 1. The number of nitrogens with one attached hydrogen (secondary N) is 1. The van der Waals surface area contributed by atoms with Crippen molar-refractivity contribution >= 4 is 21.7 Å². The van der Waals surface area contributed by atoms with Gasteiger partial charge in [-0.2, -0.15) is 0 Å². The van der Waals surface area contributed by atoms with Crippen LogP contribution < -0.4 is 11.1 Å². The van der Waals surface area contributed by atoms with E-state index in [2.05, 4.69) is 10.3 Å². The zero-order valence-corrected chi connectivity index (χ0v) is 17.7. The van der Waals surface area contributed by atoms with Crippen LogP contribution in [0.4, 0.5) is 10.5 Å². The number of aromatic nitrogens is 1. The zero-order chi connectivity index (χ0) is 20.4. The van der Waals surface area contributed by atoms with E-state index in [1.807, 2.05) is 0 Å². The maximum Gasteiger partial charge on any atom is 0.328 e. The maximum atomic E-state index is 12.9. The minimum Gasteiger partial charge on any atom is -0.381 e. The molecule has 1 fully saturated rings. The molecule has 1 saturated carbocycles. The highest BCUT2D eigenvalue weighted by molar-refractivity contribution is 7.89. The van der Waals surface area contributed by atoms with Gasteiger partial charge in [-0.25, -0.2) is 17.5 Å². The number of carbonyl (C=O) groups excluding carboxylic acids is 1. The molecule has 1 aromatic heterocycles.